The van der Waals surface area contributed by atoms with Gasteiger partial charge in [-0.1, -0.05) is 52.5 Å². The van der Waals surface area contributed by atoms with Gasteiger partial charge >= 0.3 is 5.97 Å². The summed E-state index contributed by atoms with van der Waals surface area (Å²) in [5.74, 6) is -1.49. The summed E-state index contributed by atoms with van der Waals surface area (Å²) in [6, 6.07) is 18.3. The molecule has 0 fully saturated rings. The maximum atomic E-state index is 12.4. The van der Waals surface area contributed by atoms with Gasteiger partial charge in [0.25, 0.3) is 11.8 Å². The molecule has 8 heteroatoms. The highest BCUT2D eigenvalue weighted by Gasteiger charge is 2.38. The number of hydroxylamine groups is 2. The molecule has 0 bridgehead atoms. The van der Waals surface area contributed by atoms with E-state index in [9.17, 15) is 14.4 Å². The van der Waals surface area contributed by atoms with Crippen molar-refractivity contribution in [3.8, 4) is 0 Å². The van der Waals surface area contributed by atoms with Gasteiger partial charge in [-0.2, -0.15) is 0 Å². The molecule has 0 saturated heterocycles. The lowest BCUT2D eigenvalue weighted by molar-refractivity contribution is -0.0584. The fourth-order valence-corrected chi connectivity index (χ4v) is 4.32. The maximum Gasteiger partial charge on any atom is 0.363 e. The zero-order valence-electron chi connectivity index (χ0n) is 15.3. The first-order valence-corrected chi connectivity index (χ1v) is 10.5. The van der Waals surface area contributed by atoms with Gasteiger partial charge in [-0.15, -0.1) is 11.8 Å². The van der Waals surface area contributed by atoms with Crippen molar-refractivity contribution < 1.29 is 19.2 Å². The van der Waals surface area contributed by atoms with Crippen LogP contribution in [0.25, 0.3) is 0 Å². The molecule has 3 aromatic rings. The van der Waals surface area contributed by atoms with Gasteiger partial charge in [-0.25, -0.2) is 4.79 Å². The van der Waals surface area contributed by atoms with Crippen molar-refractivity contribution in [2.24, 2.45) is 0 Å². The van der Waals surface area contributed by atoms with Gasteiger partial charge in [0.2, 0.25) is 0 Å². The lowest BCUT2D eigenvalue weighted by atomic mass is 10.1. The predicted octanol–water partition coefficient (Wildman–Crippen LogP) is 5.65. The Morgan fingerprint density at radius 1 is 0.900 bits per heavy atom. The Labute approximate surface area is 186 Å². The highest BCUT2D eigenvalue weighted by atomic mass is 35.5. The van der Waals surface area contributed by atoms with E-state index in [1.807, 2.05) is 0 Å². The normalized spacial score (nSPS) is 12.8. The number of thioether (sulfide) groups is 1. The minimum atomic E-state index is -0.790. The highest BCUT2D eigenvalue weighted by molar-refractivity contribution is 7.98. The molecule has 0 aliphatic carbocycles. The minimum absolute atomic E-state index is 0.211. The monoisotopic (exact) mass is 457 g/mol. The Hall–Kier alpha value is -2.80. The highest BCUT2D eigenvalue weighted by Crippen LogP contribution is 2.32. The quantitative estimate of drug-likeness (QED) is 0.365. The molecule has 0 unspecified atom stereocenters. The minimum Gasteiger partial charge on any atom is -0.324 e. The van der Waals surface area contributed by atoms with Gasteiger partial charge in [0, 0.05) is 15.7 Å². The molecule has 4 rings (SSSR count). The molecule has 5 nitrogen and oxygen atoms in total. The fraction of sp³-hybridized carbons (Fsp3) is 0.0455. The topological polar surface area (TPSA) is 63.7 Å². The van der Waals surface area contributed by atoms with Crippen LogP contribution in [0.2, 0.25) is 10.0 Å². The van der Waals surface area contributed by atoms with Crippen LogP contribution >= 0.6 is 35.0 Å². The summed E-state index contributed by atoms with van der Waals surface area (Å²) >= 11 is 13.7. The van der Waals surface area contributed by atoms with Gasteiger partial charge in [-0.3, -0.25) is 9.59 Å². The van der Waals surface area contributed by atoms with Crippen LogP contribution in [0, 0.1) is 0 Å². The van der Waals surface area contributed by atoms with Crippen LogP contribution in [0.5, 0.6) is 0 Å². The lowest BCUT2D eigenvalue weighted by Crippen LogP contribution is -2.32. The van der Waals surface area contributed by atoms with Gasteiger partial charge in [0.05, 0.1) is 21.7 Å². The summed E-state index contributed by atoms with van der Waals surface area (Å²) in [7, 11) is 0. The lowest BCUT2D eigenvalue weighted by Gasteiger charge is -2.13. The molecular weight excluding hydrogens is 445 g/mol. The molecule has 150 valence electrons. The van der Waals surface area contributed by atoms with E-state index in [0.29, 0.717) is 20.9 Å². The summed E-state index contributed by atoms with van der Waals surface area (Å²) in [5, 5.41) is 1.72. The van der Waals surface area contributed by atoms with Crippen molar-refractivity contribution >= 4 is 52.7 Å². The van der Waals surface area contributed by atoms with Crippen LogP contribution in [-0.2, 0) is 10.6 Å². The first-order chi connectivity index (χ1) is 14.4. The molecule has 30 heavy (non-hydrogen) atoms. The van der Waals surface area contributed by atoms with E-state index in [1.54, 1.807) is 54.6 Å². The second-order valence-electron chi connectivity index (χ2n) is 6.39. The summed E-state index contributed by atoms with van der Waals surface area (Å²) in [6.45, 7) is 0. The molecule has 0 atom stereocenters. The number of imide groups is 1. The van der Waals surface area contributed by atoms with E-state index >= 15 is 0 Å². The van der Waals surface area contributed by atoms with Crippen LogP contribution in [0.15, 0.2) is 71.6 Å². The number of nitrogens with zero attached hydrogens (tertiary/aromatic N) is 1. The molecule has 1 heterocycles. The molecular formula is C22H13Cl2NO4S. The Balaban J connectivity index is 1.41. The first kappa shape index (κ1) is 20.5. The summed E-state index contributed by atoms with van der Waals surface area (Å²) < 4.78 is 0. The summed E-state index contributed by atoms with van der Waals surface area (Å²) in [4.78, 5) is 42.9. The Morgan fingerprint density at radius 2 is 1.53 bits per heavy atom. The third-order valence-electron chi connectivity index (χ3n) is 4.41. The van der Waals surface area contributed by atoms with Crippen molar-refractivity contribution in [3.05, 3.63) is 99.0 Å². The standard InChI is InChI=1S/C22H13Cl2NO4S/c23-15-9-10-18(24)19(11-15)30-12-13-5-7-14(8-6-13)22(28)29-25-20(26)16-3-1-2-4-17(16)21(25)27/h1-11H,12H2. The van der Waals surface area contributed by atoms with Gasteiger partial charge in [0.1, 0.15) is 0 Å². The maximum absolute atomic E-state index is 12.4. The number of halogens is 2. The number of rotatable bonds is 5. The second kappa shape index (κ2) is 8.52. The number of fused-ring (bicyclic) bond motifs is 1. The molecule has 0 aromatic heterocycles. The number of amides is 2. The zero-order valence-corrected chi connectivity index (χ0v) is 17.6. The summed E-state index contributed by atoms with van der Waals surface area (Å²) in [5.41, 5.74) is 1.60. The Bertz CT molecular complexity index is 1130. The van der Waals surface area contributed by atoms with Crippen molar-refractivity contribution in [3.63, 3.8) is 0 Å². The summed E-state index contributed by atoms with van der Waals surface area (Å²) in [6.07, 6.45) is 0. The number of hydrogen-bond donors (Lipinski definition) is 0. The van der Waals surface area contributed by atoms with Crippen LogP contribution in [0.1, 0.15) is 36.6 Å². The van der Waals surface area contributed by atoms with Crippen molar-refractivity contribution in [2.45, 2.75) is 10.6 Å². The average Bonchev–Trinajstić information content (AvgIpc) is 3.00. The smallest absolute Gasteiger partial charge is 0.324 e. The van der Waals surface area contributed by atoms with Crippen molar-refractivity contribution in [1.82, 2.24) is 5.06 Å². The van der Waals surface area contributed by atoms with E-state index in [1.165, 1.54) is 23.9 Å². The largest absolute Gasteiger partial charge is 0.363 e. The number of hydrogen-bond acceptors (Lipinski definition) is 5. The molecule has 0 spiro atoms. The van der Waals surface area contributed by atoms with Crippen LogP contribution in [0.3, 0.4) is 0 Å². The fourth-order valence-electron chi connectivity index (χ4n) is 2.87. The Morgan fingerprint density at radius 3 is 2.17 bits per heavy atom. The van der Waals surface area contributed by atoms with Gasteiger partial charge in [-0.05, 0) is 48.0 Å². The SMILES string of the molecule is O=C(ON1C(=O)c2ccccc2C1=O)c1ccc(CSc2cc(Cl)ccc2Cl)cc1. The van der Waals surface area contributed by atoms with Crippen LogP contribution < -0.4 is 0 Å². The van der Waals surface area contributed by atoms with Gasteiger partial charge in [0.15, 0.2) is 0 Å². The van der Waals surface area contributed by atoms with E-state index < -0.39 is 17.8 Å². The average molecular weight is 458 g/mol. The molecule has 0 radical (unpaired) electrons. The predicted molar refractivity (Wildman–Crippen MR) is 115 cm³/mol. The molecule has 2 amide bonds. The first-order valence-electron chi connectivity index (χ1n) is 8.81. The number of carbonyl (C=O) groups excluding carboxylic acids is 3. The van der Waals surface area contributed by atoms with Crippen molar-refractivity contribution in [1.29, 1.82) is 0 Å². The zero-order chi connectivity index (χ0) is 21.3. The van der Waals surface area contributed by atoms with Crippen molar-refractivity contribution in [2.75, 3.05) is 0 Å². The van der Waals surface area contributed by atoms with Crippen LogP contribution in [0.4, 0.5) is 0 Å². The number of carbonyl (C=O) groups is 3. The molecule has 1 aliphatic heterocycles. The van der Waals surface area contributed by atoms with Gasteiger partial charge < -0.3 is 4.84 Å². The van der Waals surface area contributed by atoms with E-state index in [0.717, 1.165) is 10.5 Å². The Kier molecular flexibility index (Phi) is 5.81. The number of benzene rings is 3. The molecule has 3 aromatic carbocycles. The van der Waals surface area contributed by atoms with E-state index in [2.05, 4.69) is 0 Å². The van der Waals surface area contributed by atoms with Crippen LogP contribution in [-0.4, -0.2) is 22.8 Å². The molecule has 0 saturated carbocycles. The molecule has 1 aliphatic rings. The van der Waals surface area contributed by atoms with E-state index in [-0.39, 0.29) is 16.7 Å². The molecule has 0 N–H and O–H groups in total. The second-order valence-corrected chi connectivity index (χ2v) is 8.25. The third-order valence-corrected chi connectivity index (χ3v) is 6.21. The van der Waals surface area contributed by atoms with E-state index in [4.69, 9.17) is 28.0 Å². The third kappa shape index (κ3) is 4.07.